The van der Waals surface area contributed by atoms with Crippen molar-refractivity contribution in [3.8, 4) is 0 Å². The molecule has 11 nitrogen and oxygen atoms in total. The summed E-state index contributed by atoms with van der Waals surface area (Å²) >= 11 is 18.3. The van der Waals surface area contributed by atoms with Crippen LogP contribution in [0.5, 0.6) is 0 Å². The third kappa shape index (κ3) is 11.1. The van der Waals surface area contributed by atoms with Crippen molar-refractivity contribution in [2.24, 2.45) is 5.92 Å². The lowest BCUT2D eigenvalue weighted by Gasteiger charge is -2.35. The lowest BCUT2D eigenvalue weighted by Crippen LogP contribution is -2.62. The predicted molar refractivity (Wildman–Crippen MR) is 145 cm³/mol. The first-order valence-electron chi connectivity index (χ1n) is 12.0. The zero-order chi connectivity index (χ0) is 28.7. The third-order valence-corrected chi connectivity index (χ3v) is 6.21. The van der Waals surface area contributed by atoms with Gasteiger partial charge >= 0.3 is 12.1 Å². The van der Waals surface area contributed by atoms with Crippen LogP contribution in [-0.2, 0) is 30.3 Å². The quantitative estimate of drug-likeness (QED) is 0.285. The predicted octanol–water partition coefficient (Wildman–Crippen LogP) is 3.13. The molecule has 38 heavy (non-hydrogen) atoms. The van der Waals surface area contributed by atoms with Gasteiger partial charge in [-0.1, -0.05) is 48.7 Å². The molecule has 0 aliphatic carbocycles. The molecule has 0 saturated carbocycles. The molecule has 1 aliphatic heterocycles. The van der Waals surface area contributed by atoms with Gasteiger partial charge in [-0.05, 0) is 39.5 Å². The molecule has 3 unspecified atom stereocenters. The number of hydrogen-bond acceptors (Lipinski definition) is 9. The van der Waals surface area contributed by atoms with Gasteiger partial charge in [-0.2, -0.15) is 0 Å². The molecule has 214 valence electrons. The highest BCUT2D eigenvalue weighted by Crippen LogP contribution is 2.26. The number of thiazole rings is 1. The Morgan fingerprint density at radius 1 is 1.21 bits per heavy atom. The zero-order valence-corrected chi connectivity index (χ0v) is 25.0. The summed E-state index contributed by atoms with van der Waals surface area (Å²) in [5, 5.41) is 8.37. The topological polar surface area (TPSA) is 139 Å². The van der Waals surface area contributed by atoms with Gasteiger partial charge in [-0.3, -0.25) is 19.4 Å². The fourth-order valence-electron chi connectivity index (χ4n) is 3.54. The number of carbonyl (C=O) groups is 4. The standard InChI is InChI=1S/C23H34Cl3N5O6S/c1-13(2)17(29-21(35)37-22(3,4)5)18(32)28-16(9-14-10-38-12-27-14)19(33)31-8-6-7-15(30-31)20(34)36-11-23(24,25)26/h10,12-13,15-17,30H,6-9,11H2,1-5H3,(H,28,32)(H,29,35). The Morgan fingerprint density at radius 3 is 2.45 bits per heavy atom. The Kier molecular flexibility index (Phi) is 11.9. The highest BCUT2D eigenvalue weighted by Gasteiger charge is 2.36. The second kappa shape index (κ2) is 14.0. The summed E-state index contributed by atoms with van der Waals surface area (Å²) in [6.45, 7) is 8.52. The molecule has 3 N–H and O–H groups in total. The van der Waals surface area contributed by atoms with Gasteiger partial charge in [0.05, 0.1) is 11.2 Å². The smallest absolute Gasteiger partial charge is 0.408 e. The molecule has 3 atom stereocenters. The van der Waals surface area contributed by atoms with Crippen LogP contribution >= 0.6 is 46.1 Å². The average Bonchev–Trinajstić information content (AvgIpc) is 3.31. The number of halogens is 3. The first-order chi connectivity index (χ1) is 17.6. The number of carbonyl (C=O) groups excluding carboxylic acids is 4. The van der Waals surface area contributed by atoms with E-state index in [9.17, 15) is 19.2 Å². The Bertz CT molecular complexity index is 968. The minimum absolute atomic E-state index is 0.103. The molecule has 2 rings (SSSR count). The molecule has 1 saturated heterocycles. The van der Waals surface area contributed by atoms with Crippen molar-refractivity contribution in [2.75, 3.05) is 13.2 Å². The van der Waals surface area contributed by atoms with E-state index in [1.807, 2.05) is 0 Å². The molecule has 0 aromatic carbocycles. The minimum Gasteiger partial charge on any atom is -0.460 e. The van der Waals surface area contributed by atoms with E-state index in [0.717, 1.165) is 0 Å². The Morgan fingerprint density at radius 2 is 1.89 bits per heavy atom. The van der Waals surface area contributed by atoms with Crippen LogP contribution in [0.15, 0.2) is 10.9 Å². The fraction of sp³-hybridized carbons (Fsp3) is 0.696. The molecule has 2 heterocycles. The van der Waals surface area contributed by atoms with Crippen molar-refractivity contribution in [1.82, 2.24) is 26.1 Å². The van der Waals surface area contributed by atoms with Gasteiger partial charge in [-0.25, -0.2) is 15.2 Å². The molecule has 1 aromatic rings. The average molecular weight is 615 g/mol. The summed E-state index contributed by atoms with van der Waals surface area (Å²) < 4.78 is 8.57. The molecule has 0 spiro atoms. The minimum atomic E-state index is -1.76. The molecule has 1 aliphatic rings. The van der Waals surface area contributed by atoms with E-state index in [4.69, 9.17) is 44.3 Å². The SMILES string of the molecule is CC(C)C(NC(=O)OC(C)(C)C)C(=O)NC(Cc1cscn1)C(=O)N1CCCC(C(=O)OCC(Cl)(Cl)Cl)N1. The maximum absolute atomic E-state index is 13.5. The Hall–Kier alpha value is -1.86. The number of hydrazine groups is 1. The van der Waals surface area contributed by atoms with Crippen LogP contribution in [0.4, 0.5) is 4.79 Å². The van der Waals surface area contributed by atoms with Crippen LogP contribution in [0.1, 0.15) is 53.2 Å². The monoisotopic (exact) mass is 613 g/mol. The third-order valence-electron chi connectivity index (χ3n) is 5.25. The van der Waals surface area contributed by atoms with Gasteiger partial charge in [0.15, 0.2) is 0 Å². The number of hydrogen-bond donors (Lipinski definition) is 3. The number of esters is 1. The van der Waals surface area contributed by atoms with Crippen molar-refractivity contribution in [2.45, 2.75) is 81.4 Å². The number of ether oxygens (including phenoxy) is 2. The number of rotatable bonds is 9. The van der Waals surface area contributed by atoms with Crippen LogP contribution in [0.3, 0.4) is 0 Å². The summed E-state index contributed by atoms with van der Waals surface area (Å²) in [4.78, 5) is 55.8. The Labute approximate surface area is 241 Å². The van der Waals surface area contributed by atoms with Crippen LogP contribution in [0, 0.1) is 5.92 Å². The highest BCUT2D eigenvalue weighted by molar-refractivity contribution is 7.07. The van der Waals surface area contributed by atoms with Crippen molar-refractivity contribution in [1.29, 1.82) is 0 Å². The van der Waals surface area contributed by atoms with Crippen molar-refractivity contribution < 1.29 is 28.7 Å². The van der Waals surface area contributed by atoms with Crippen LogP contribution in [0.2, 0.25) is 0 Å². The molecular formula is C23H34Cl3N5O6S. The molecule has 1 fully saturated rings. The number of nitrogens with one attached hydrogen (secondary N) is 3. The van der Waals surface area contributed by atoms with E-state index < -0.39 is 58.0 Å². The van der Waals surface area contributed by atoms with E-state index >= 15 is 0 Å². The van der Waals surface area contributed by atoms with Gasteiger partial charge in [0.2, 0.25) is 9.70 Å². The lowest BCUT2D eigenvalue weighted by molar-refractivity contribution is -0.153. The van der Waals surface area contributed by atoms with E-state index in [2.05, 4.69) is 21.0 Å². The lowest BCUT2D eigenvalue weighted by atomic mass is 10.0. The number of alkyl carbamates (subject to hydrolysis) is 1. The molecule has 1 aromatic heterocycles. The van der Waals surface area contributed by atoms with Crippen LogP contribution in [0.25, 0.3) is 0 Å². The zero-order valence-electron chi connectivity index (χ0n) is 21.9. The van der Waals surface area contributed by atoms with E-state index in [0.29, 0.717) is 25.1 Å². The highest BCUT2D eigenvalue weighted by atomic mass is 35.6. The van der Waals surface area contributed by atoms with E-state index in [-0.39, 0.29) is 12.3 Å². The number of nitrogens with zero attached hydrogens (tertiary/aromatic N) is 2. The first-order valence-corrected chi connectivity index (χ1v) is 14.1. The van der Waals surface area contributed by atoms with E-state index in [1.165, 1.54) is 16.3 Å². The van der Waals surface area contributed by atoms with Crippen LogP contribution < -0.4 is 16.1 Å². The van der Waals surface area contributed by atoms with Gasteiger partial charge in [0, 0.05) is 18.3 Å². The molecule has 0 radical (unpaired) electrons. The van der Waals surface area contributed by atoms with Gasteiger partial charge in [0.25, 0.3) is 5.91 Å². The normalized spacial score (nSPS) is 17.9. The Balaban J connectivity index is 2.15. The maximum atomic E-state index is 13.5. The molecular weight excluding hydrogens is 581 g/mol. The molecule has 3 amide bonds. The van der Waals surface area contributed by atoms with E-state index in [1.54, 1.807) is 45.5 Å². The first kappa shape index (κ1) is 32.4. The summed E-state index contributed by atoms with van der Waals surface area (Å²) in [6, 6.07) is -2.84. The van der Waals surface area contributed by atoms with Crippen molar-refractivity contribution >= 4 is 70.0 Å². The van der Waals surface area contributed by atoms with Gasteiger partial charge in [0.1, 0.15) is 30.3 Å². The summed E-state index contributed by atoms with van der Waals surface area (Å²) in [5.41, 5.74) is 4.33. The van der Waals surface area contributed by atoms with Gasteiger partial charge in [-0.15, -0.1) is 11.3 Å². The number of aromatic nitrogens is 1. The fourth-order valence-corrected chi connectivity index (χ4v) is 4.27. The van der Waals surface area contributed by atoms with Crippen molar-refractivity contribution in [3.05, 3.63) is 16.6 Å². The van der Waals surface area contributed by atoms with Gasteiger partial charge < -0.3 is 20.1 Å². The number of amides is 3. The van der Waals surface area contributed by atoms with Crippen LogP contribution in [-0.4, -0.2) is 74.5 Å². The maximum Gasteiger partial charge on any atom is 0.408 e. The molecule has 0 bridgehead atoms. The number of alkyl halides is 3. The second-order valence-corrected chi connectivity index (χ2v) is 13.4. The van der Waals surface area contributed by atoms with Crippen molar-refractivity contribution in [3.63, 3.8) is 0 Å². The summed E-state index contributed by atoms with van der Waals surface area (Å²) in [6.07, 6.45) is 0.258. The largest absolute Gasteiger partial charge is 0.460 e. The summed E-state index contributed by atoms with van der Waals surface area (Å²) in [5.74, 6) is -2.02. The summed E-state index contributed by atoms with van der Waals surface area (Å²) in [7, 11) is 0. The second-order valence-electron chi connectivity index (χ2n) is 10.1. The molecule has 15 heteroatoms.